The van der Waals surface area contributed by atoms with Gasteiger partial charge in [0.1, 0.15) is 5.82 Å². The summed E-state index contributed by atoms with van der Waals surface area (Å²) >= 11 is 0. The number of aryl methyl sites for hydroxylation is 3. The molecule has 1 unspecified atom stereocenters. The van der Waals surface area contributed by atoms with Crippen LogP contribution in [-0.4, -0.2) is 20.4 Å². The third kappa shape index (κ3) is 5.99. The van der Waals surface area contributed by atoms with E-state index < -0.39 is 6.04 Å². The largest absolute Gasteiger partial charge is 0.324 e. The Morgan fingerprint density at radius 1 is 0.854 bits per heavy atom. The van der Waals surface area contributed by atoms with E-state index in [2.05, 4.69) is 13.8 Å². The van der Waals surface area contributed by atoms with E-state index in [1.54, 1.807) is 4.57 Å². The summed E-state index contributed by atoms with van der Waals surface area (Å²) in [5.41, 5.74) is 6.30. The first-order valence-electron chi connectivity index (χ1n) is 14.4. The highest BCUT2D eigenvalue weighted by molar-refractivity contribution is 5.94. The molecule has 0 fully saturated rings. The minimum Gasteiger partial charge on any atom is -0.324 e. The van der Waals surface area contributed by atoms with Crippen molar-refractivity contribution in [1.82, 2.24) is 14.5 Å². The second kappa shape index (κ2) is 12.3. The normalized spacial score (nSPS) is 11.9. The number of para-hydroxylation sites is 1. The van der Waals surface area contributed by atoms with Crippen LogP contribution in [0.5, 0.6) is 0 Å². The van der Waals surface area contributed by atoms with Gasteiger partial charge in [-0.05, 0) is 92.3 Å². The highest BCUT2D eigenvalue weighted by Crippen LogP contribution is 2.27. The Morgan fingerprint density at radius 3 is 2.27 bits per heavy atom. The summed E-state index contributed by atoms with van der Waals surface area (Å²) in [6, 6.07) is 30.8. The van der Waals surface area contributed by atoms with Crippen molar-refractivity contribution in [2.75, 3.05) is 0 Å². The maximum atomic E-state index is 14.2. The van der Waals surface area contributed by atoms with E-state index in [1.807, 2.05) is 116 Å². The fourth-order valence-electron chi connectivity index (χ4n) is 5.21. The smallest absolute Gasteiger partial charge is 0.266 e. The molecular formula is C36H37N3O2. The van der Waals surface area contributed by atoms with Crippen molar-refractivity contribution >= 4 is 16.8 Å². The maximum Gasteiger partial charge on any atom is 0.266 e. The molecule has 0 N–H and O–H groups in total. The van der Waals surface area contributed by atoms with E-state index in [9.17, 15) is 9.59 Å². The SMILES string of the molecule is CCCCc1ccc(C(=O)N(Cc2ccccc2)C(C)c2nc3ccccc3c(=O)n2-c2ccc(C)c(C)c2)cc1. The molecule has 41 heavy (non-hydrogen) atoms. The number of hydrogen-bond acceptors (Lipinski definition) is 3. The van der Waals surface area contributed by atoms with Gasteiger partial charge in [-0.15, -0.1) is 0 Å². The molecule has 208 valence electrons. The topological polar surface area (TPSA) is 55.2 Å². The van der Waals surface area contributed by atoms with Crippen LogP contribution in [0.2, 0.25) is 0 Å². The summed E-state index contributed by atoms with van der Waals surface area (Å²) in [5, 5.41) is 0.547. The monoisotopic (exact) mass is 543 g/mol. The minimum atomic E-state index is -0.499. The van der Waals surface area contributed by atoms with E-state index in [1.165, 1.54) is 5.56 Å². The van der Waals surface area contributed by atoms with Gasteiger partial charge in [0.25, 0.3) is 11.5 Å². The molecule has 1 heterocycles. The molecule has 5 heteroatoms. The molecule has 5 rings (SSSR count). The number of carbonyl (C=O) groups excluding carboxylic acids is 1. The zero-order chi connectivity index (χ0) is 28.9. The standard InChI is InChI=1S/C36H37N3O2/c1-5-6-12-28-18-20-30(21-19-28)35(40)38(24-29-13-8-7-9-14-29)27(4)34-37-33-16-11-10-15-32(33)36(41)39(34)31-22-17-25(2)26(3)23-31/h7-11,13-23,27H,5-6,12,24H2,1-4H3. The van der Waals surface area contributed by atoms with Gasteiger partial charge < -0.3 is 4.90 Å². The number of carbonyl (C=O) groups is 1. The first kappa shape index (κ1) is 28.0. The van der Waals surface area contributed by atoms with Crippen molar-refractivity contribution in [2.24, 2.45) is 0 Å². The molecule has 4 aromatic carbocycles. The Kier molecular flexibility index (Phi) is 8.44. The molecule has 5 nitrogen and oxygen atoms in total. The lowest BCUT2D eigenvalue weighted by Gasteiger charge is -2.31. The zero-order valence-electron chi connectivity index (χ0n) is 24.3. The number of hydrogen-bond donors (Lipinski definition) is 0. The number of fused-ring (bicyclic) bond motifs is 1. The first-order valence-corrected chi connectivity index (χ1v) is 14.4. The molecule has 0 aliphatic heterocycles. The van der Waals surface area contributed by atoms with Crippen LogP contribution >= 0.6 is 0 Å². The zero-order valence-corrected chi connectivity index (χ0v) is 24.3. The van der Waals surface area contributed by atoms with Gasteiger partial charge in [-0.2, -0.15) is 0 Å². The average molecular weight is 544 g/mol. The number of nitrogens with zero attached hydrogens (tertiary/aromatic N) is 3. The van der Waals surface area contributed by atoms with E-state index in [-0.39, 0.29) is 11.5 Å². The quantitative estimate of drug-likeness (QED) is 0.191. The molecule has 1 amide bonds. The summed E-state index contributed by atoms with van der Waals surface area (Å²) in [4.78, 5) is 35.1. The van der Waals surface area contributed by atoms with Crippen molar-refractivity contribution in [3.05, 3.63) is 141 Å². The van der Waals surface area contributed by atoms with Crippen molar-refractivity contribution in [1.29, 1.82) is 0 Å². The Hall–Kier alpha value is -4.51. The Balaban J connectivity index is 1.65. The van der Waals surface area contributed by atoms with Crippen LogP contribution in [-0.2, 0) is 13.0 Å². The van der Waals surface area contributed by atoms with Crippen molar-refractivity contribution < 1.29 is 4.79 Å². The summed E-state index contributed by atoms with van der Waals surface area (Å²) in [6.07, 6.45) is 3.25. The van der Waals surface area contributed by atoms with E-state index >= 15 is 0 Å². The van der Waals surface area contributed by atoms with Crippen molar-refractivity contribution in [2.45, 2.75) is 59.5 Å². The summed E-state index contributed by atoms with van der Waals surface area (Å²) in [6.45, 7) is 8.62. The van der Waals surface area contributed by atoms with E-state index in [0.29, 0.717) is 28.8 Å². The summed E-state index contributed by atoms with van der Waals surface area (Å²) in [5.74, 6) is 0.429. The van der Waals surface area contributed by atoms with Gasteiger partial charge in [0.05, 0.1) is 22.6 Å². The van der Waals surface area contributed by atoms with Gasteiger partial charge in [0.2, 0.25) is 0 Å². The summed E-state index contributed by atoms with van der Waals surface area (Å²) < 4.78 is 1.68. The van der Waals surface area contributed by atoms with Crippen LogP contribution in [0.15, 0.2) is 102 Å². The maximum absolute atomic E-state index is 14.2. The third-order valence-corrected chi connectivity index (χ3v) is 7.87. The van der Waals surface area contributed by atoms with Crippen LogP contribution in [0, 0.1) is 13.8 Å². The van der Waals surface area contributed by atoms with Gasteiger partial charge in [-0.3, -0.25) is 14.2 Å². The number of aromatic nitrogens is 2. The second-order valence-corrected chi connectivity index (χ2v) is 10.8. The molecule has 0 aliphatic rings. The number of unbranched alkanes of at least 4 members (excludes halogenated alkanes) is 1. The van der Waals surface area contributed by atoms with Crippen LogP contribution in [0.4, 0.5) is 0 Å². The van der Waals surface area contributed by atoms with E-state index in [4.69, 9.17) is 4.98 Å². The Morgan fingerprint density at radius 2 is 1.56 bits per heavy atom. The highest BCUT2D eigenvalue weighted by Gasteiger charge is 2.28. The fourth-order valence-corrected chi connectivity index (χ4v) is 5.21. The molecule has 0 saturated heterocycles. The van der Waals surface area contributed by atoms with Crippen LogP contribution in [0.1, 0.15) is 71.2 Å². The molecule has 1 aromatic heterocycles. The molecular weight excluding hydrogens is 506 g/mol. The lowest BCUT2D eigenvalue weighted by atomic mass is 10.0. The van der Waals surface area contributed by atoms with E-state index in [0.717, 1.165) is 41.6 Å². The molecule has 0 aliphatic carbocycles. The van der Waals surface area contributed by atoms with Crippen molar-refractivity contribution in [3.63, 3.8) is 0 Å². The van der Waals surface area contributed by atoms with Crippen molar-refractivity contribution in [3.8, 4) is 5.69 Å². The molecule has 1 atom stereocenters. The predicted octanol–water partition coefficient (Wildman–Crippen LogP) is 7.75. The van der Waals surface area contributed by atoms with Gasteiger partial charge in [0, 0.05) is 12.1 Å². The minimum absolute atomic E-state index is 0.0996. The van der Waals surface area contributed by atoms with Crippen LogP contribution in [0.25, 0.3) is 16.6 Å². The fraction of sp³-hybridized carbons (Fsp3) is 0.250. The van der Waals surface area contributed by atoms with Gasteiger partial charge in [-0.25, -0.2) is 4.98 Å². The van der Waals surface area contributed by atoms with Gasteiger partial charge in [-0.1, -0.05) is 74.0 Å². The molecule has 0 saturated carbocycles. The number of benzene rings is 4. The lowest BCUT2D eigenvalue weighted by Crippen LogP contribution is -2.37. The Bertz CT molecular complexity index is 1720. The molecule has 0 bridgehead atoms. The van der Waals surface area contributed by atoms with Crippen LogP contribution in [0.3, 0.4) is 0 Å². The molecule has 5 aromatic rings. The predicted molar refractivity (Wildman–Crippen MR) is 167 cm³/mol. The average Bonchev–Trinajstić information content (AvgIpc) is 3.00. The Labute approximate surface area is 242 Å². The first-order chi connectivity index (χ1) is 19.9. The molecule has 0 radical (unpaired) electrons. The highest BCUT2D eigenvalue weighted by atomic mass is 16.2. The second-order valence-electron chi connectivity index (χ2n) is 10.8. The third-order valence-electron chi connectivity index (χ3n) is 7.87. The molecule has 0 spiro atoms. The van der Waals surface area contributed by atoms with Crippen LogP contribution < -0.4 is 5.56 Å². The lowest BCUT2D eigenvalue weighted by molar-refractivity contribution is 0.0664. The number of rotatable bonds is 9. The van der Waals surface area contributed by atoms with Gasteiger partial charge >= 0.3 is 0 Å². The van der Waals surface area contributed by atoms with Gasteiger partial charge in [0.15, 0.2) is 0 Å². The summed E-state index contributed by atoms with van der Waals surface area (Å²) in [7, 11) is 0. The number of amides is 1.